The SMILES string of the molecule is Cc1ccn(-c2ccc(C(=O)N3CC(C(=O)O)CCC3C)cc2)n1. The van der Waals surface area contributed by atoms with Crippen molar-refractivity contribution in [3.8, 4) is 5.69 Å². The van der Waals surface area contributed by atoms with E-state index in [1.807, 2.05) is 38.2 Å². The van der Waals surface area contributed by atoms with Crippen LogP contribution in [-0.4, -0.2) is 44.3 Å². The van der Waals surface area contributed by atoms with Crippen LogP contribution in [0.15, 0.2) is 36.5 Å². The third kappa shape index (κ3) is 3.18. The molecule has 1 fully saturated rings. The van der Waals surface area contributed by atoms with Gasteiger partial charge in [-0.05, 0) is 57.0 Å². The van der Waals surface area contributed by atoms with Crippen molar-refractivity contribution >= 4 is 11.9 Å². The minimum absolute atomic E-state index is 0.0570. The molecule has 126 valence electrons. The number of aromatic nitrogens is 2. The molecular formula is C18H21N3O3. The molecule has 1 aliphatic heterocycles. The monoisotopic (exact) mass is 327 g/mol. The smallest absolute Gasteiger partial charge is 0.308 e. The third-order valence-corrected chi connectivity index (χ3v) is 4.59. The second-order valence-corrected chi connectivity index (χ2v) is 6.37. The second-order valence-electron chi connectivity index (χ2n) is 6.37. The fourth-order valence-corrected chi connectivity index (χ4v) is 3.07. The van der Waals surface area contributed by atoms with Crippen LogP contribution in [0.2, 0.25) is 0 Å². The predicted octanol–water partition coefficient (Wildman–Crippen LogP) is 2.51. The van der Waals surface area contributed by atoms with Gasteiger partial charge in [0.1, 0.15) is 0 Å². The van der Waals surface area contributed by atoms with Crippen molar-refractivity contribution in [1.82, 2.24) is 14.7 Å². The number of aryl methyl sites for hydroxylation is 1. The van der Waals surface area contributed by atoms with Gasteiger partial charge in [-0.25, -0.2) is 4.68 Å². The highest BCUT2D eigenvalue weighted by molar-refractivity contribution is 5.95. The third-order valence-electron chi connectivity index (χ3n) is 4.59. The van der Waals surface area contributed by atoms with Crippen LogP contribution in [-0.2, 0) is 4.79 Å². The van der Waals surface area contributed by atoms with Gasteiger partial charge in [-0.1, -0.05) is 0 Å². The van der Waals surface area contributed by atoms with E-state index in [0.717, 1.165) is 11.4 Å². The Hall–Kier alpha value is -2.63. The zero-order valence-electron chi connectivity index (χ0n) is 13.8. The highest BCUT2D eigenvalue weighted by atomic mass is 16.4. The lowest BCUT2D eigenvalue weighted by molar-refractivity contribution is -0.143. The van der Waals surface area contributed by atoms with E-state index in [4.69, 9.17) is 0 Å². The number of carboxylic acids is 1. The average molecular weight is 327 g/mol. The largest absolute Gasteiger partial charge is 0.481 e. The zero-order chi connectivity index (χ0) is 17.3. The standard InChI is InChI=1S/C18H21N3O3/c1-12-9-10-21(19-12)16-7-5-14(6-8-16)17(22)20-11-15(18(23)24)4-3-13(20)2/h5-10,13,15H,3-4,11H2,1-2H3,(H,23,24). The maximum atomic E-state index is 12.7. The van der Waals surface area contributed by atoms with E-state index < -0.39 is 11.9 Å². The lowest BCUT2D eigenvalue weighted by Gasteiger charge is -2.36. The molecule has 1 aromatic heterocycles. The van der Waals surface area contributed by atoms with Crippen LogP contribution in [0.1, 0.15) is 35.8 Å². The van der Waals surface area contributed by atoms with Crippen molar-refractivity contribution in [3.63, 3.8) is 0 Å². The van der Waals surface area contributed by atoms with Crippen molar-refractivity contribution in [3.05, 3.63) is 47.8 Å². The Balaban J connectivity index is 1.78. The molecule has 2 heterocycles. The number of hydrogen-bond acceptors (Lipinski definition) is 3. The second kappa shape index (κ2) is 6.47. The number of likely N-dealkylation sites (tertiary alicyclic amines) is 1. The molecule has 0 bridgehead atoms. The predicted molar refractivity (Wildman–Crippen MR) is 89.2 cm³/mol. The molecule has 1 saturated heterocycles. The number of amides is 1. The zero-order valence-corrected chi connectivity index (χ0v) is 13.8. The first-order chi connectivity index (χ1) is 11.5. The summed E-state index contributed by atoms with van der Waals surface area (Å²) in [6, 6.07) is 9.21. The Bertz CT molecular complexity index is 751. The minimum Gasteiger partial charge on any atom is -0.481 e. The van der Waals surface area contributed by atoms with E-state index in [1.165, 1.54) is 0 Å². The molecule has 6 nitrogen and oxygen atoms in total. The van der Waals surface area contributed by atoms with Crippen LogP contribution in [0.4, 0.5) is 0 Å². The van der Waals surface area contributed by atoms with Crippen LogP contribution in [0.5, 0.6) is 0 Å². The first-order valence-electron chi connectivity index (χ1n) is 8.12. The topological polar surface area (TPSA) is 75.4 Å². The van der Waals surface area contributed by atoms with E-state index in [-0.39, 0.29) is 18.5 Å². The van der Waals surface area contributed by atoms with E-state index in [1.54, 1.807) is 21.7 Å². The summed E-state index contributed by atoms with van der Waals surface area (Å²) in [7, 11) is 0. The molecule has 2 unspecified atom stereocenters. The van der Waals surface area contributed by atoms with Crippen LogP contribution in [0.25, 0.3) is 5.69 Å². The van der Waals surface area contributed by atoms with E-state index in [2.05, 4.69) is 5.10 Å². The molecule has 3 rings (SSSR count). The van der Waals surface area contributed by atoms with Crippen molar-refractivity contribution < 1.29 is 14.7 Å². The molecule has 2 aromatic rings. The Morgan fingerprint density at radius 3 is 2.46 bits per heavy atom. The number of nitrogens with zero attached hydrogens (tertiary/aromatic N) is 3. The molecule has 0 saturated carbocycles. The number of aliphatic carboxylic acids is 1. The highest BCUT2D eigenvalue weighted by Gasteiger charge is 2.32. The number of carboxylic acid groups (broad SMARTS) is 1. The molecule has 2 atom stereocenters. The van der Waals surface area contributed by atoms with Crippen LogP contribution >= 0.6 is 0 Å². The first kappa shape index (κ1) is 16.2. The summed E-state index contributed by atoms with van der Waals surface area (Å²) in [5.74, 6) is -1.42. The molecular weight excluding hydrogens is 306 g/mol. The maximum Gasteiger partial charge on any atom is 0.308 e. The Kier molecular flexibility index (Phi) is 4.38. The molecule has 0 spiro atoms. The molecule has 1 N–H and O–H groups in total. The Labute approximate surface area is 140 Å². The fourth-order valence-electron chi connectivity index (χ4n) is 3.07. The van der Waals surface area contributed by atoms with Gasteiger partial charge >= 0.3 is 5.97 Å². The average Bonchev–Trinajstić information content (AvgIpc) is 3.01. The van der Waals surface area contributed by atoms with Gasteiger partial charge in [0.15, 0.2) is 0 Å². The fraction of sp³-hybridized carbons (Fsp3) is 0.389. The molecule has 0 radical (unpaired) electrons. The Morgan fingerprint density at radius 2 is 1.88 bits per heavy atom. The van der Waals surface area contributed by atoms with E-state index >= 15 is 0 Å². The van der Waals surface area contributed by atoms with Gasteiger partial charge < -0.3 is 10.0 Å². The lowest BCUT2D eigenvalue weighted by atomic mass is 9.93. The number of carbonyl (C=O) groups excluding carboxylic acids is 1. The van der Waals surface area contributed by atoms with Crippen LogP contribution in [0.3, 0.4) is 0 Å². The molecule has 1 amide bonds. The Morgan fingerprint density at radius 1 is 1.17 bits per heavy atom. The van der Waals surface area contributed by atoms with Gasteiger partial charge in [0.05, 0.1) is 17.3 Å². The highest BCUT2D eigenvalue weighted by Crippen LogP contribution is 2.24. The summed E-state index contributed by atoms with van der Waals surface area (Å²) >= 11 is 0. The molecule has 24 heavy (non-hydrogen) atoms. The summed E-state index contributed by atoms with van der Waals surface area (Å²) in [5, 5.41) is 13.6. The minimum atomic E-state index is -0.830. The van der Waals surface area contributed by atoms with Crippen molar-refractivity contribution in [2.45, 2.75) is 32.7 Å². The number of carbonyl (C=O) groups is 2. The molecule has 1 aliphatic rings. The summed E-state index contributed by atoms with van der Waals surface area (Å²) in [6.07, 6.45) is 3.21. The van der Waals surface area contributed by atoms with Gasteiger partial charge in [0.2, 0.25) is 0 Å². The van der Waals surface area contributed by atoms with E-state index in [0.29, 0.717) is 18.4 Å². The lowest BCUT2D eigenvalue weighted by Crippen LogP contribution is -2.47. The normalized spacial score (nSPS) is 20.8. The molecule has 6 heteroatoms. The van der Waals surface area contributed by atoms with Gasteiger partial charge in [-0.2, -0.15) is 5.10 Å². The number of piperidine rings is 1. The van der Waals surface area contributed by atoms with Crippen molar-refractivity contribution in [1.29, 1.82) is 0 Å². The summed E-state index contributed by atoms with van der Waals surface area (Å²) < 4.78 is 1.76. The van der Waals surface area contributed by atoms with Gasteiger partial charge in [0, 0.05) is 24.3 Å². The number of hydrogen-bond donors (Lipinski definition) is 1. The summed E-state index contributed by atoms with van der Waals surface area (Å²) in [4.78, 5) is 25.6. The molecule has 1 aromatic carbocycles. The number of benzene rings is 1. The van der Waals surface area contributed by atoms with Crippen LogP contribution in [0, 0.1) is 12.8 Å². The van der Waals surface area contributed by atoms with Crippen LogP contribution < -0.4 is 0 Å². The molecule has 0 aliphatic carbocycles. The van der Waals surface area contributed by atoms with Gasteiger partial charge in [-0.15, -0.1) is 0 Å². The van der Waals surface area contributed by atoms with Crippen molar-refractivity contribution in [2.24, 2.45) is 5.92 Å². The first-order valence-corrected chi connectivity index (χ1v) is 8.12. The van der Waals surface area contributed by atoms with E-state index in [9.17, 15) is 14.7 Å². The summed E-state index contributed by atoms with van der Waals surface area (Å²) in [5.41, 5.74) is 2.38. The summed E-state index contributed by atoms with van der Waals surface area (Å²) in [6.45, 7) is 4.16. The quantitative estimate of drug-likeness (QED) is 0.940. The number of rotatable bonds is 3. The maximum absolute atomic E-state index is 12.7. The van der Waals surface area contributed by atoms with Gasteiger partial charge in [-0.3, -0.25) is 9.59 Å². The van der Waals surface area contributed by atoms with Crippen molar-refractivity contribution in [2.75, 3.05) is 6.54 Å². The van der Waals surface area contributed by atoms with Gasteiger partial charge in [0.25, 0.3) is 5.91 Å².